The second-order valence-electron chi connectivity index (χ2n) is 6.53. The minimum absolute atomic E-state index is 0.674. The average Bonchev–Trinajstić information content (AvgIpc) is 2.70. The van der Waals surface area contributed by atoms with E-state index in [0.29, 0.717) is 5.11 Å². The number of thiocarbonyl (C=S) groups is 2. The third-order valence-electron chi connectivity index (χ3n) is 4.58. The van der Waals surface area contributed by atoms with Crippen molar-refractivity contribution in [2.45, 2.75) is 0 Å². The maximum atomic E-state index is 5.55. The highest BCUT2D eigenvalue weighted by Gasteiger charge is 2.21. The lowest BCUT2D eigenvalue weighted by molar-refractivity contribution is -0.902. The zero-order valence-corrected chi connectivity index (χ0v) is 16.9. The lowest BCUT2D eigenvalue weighted by atomic mass is 10.3. The molecular formula is C20H26N5S2+. The van der Waals surface area contributed by atoms with E-state index in [1.54, 1.807) is 4.90 Å². The molecule has 2 aromatic rings. The predicted molar refractivity (Wildman–Crippen MR) is 120 cm³/mol. The van der Waals surface area contributed by atoms with E-state index in [1.165, 1.54) is 0 Å². The summed E-state index contributed by atoms with van der Waals surface area (Å²) in [5, 5.41) is 11.3. The molecule has 0 radical (unpaired) electrons. The minimum Gasteiger partial charge on any atom is -0.357 e. The monoisotopic (exact) mass is 400 g/mol. The van der Waals surface area contributed by atoms with E-state index in [0.717, 1.165) is 55.8 Å². The second kappa shape index (κ2) is 10.2. The van der Waals surface area contributed by atoms with Crippen molar-refractivity contribution < 1.29 is 4.90 Å². The Morgan fingerprint density at radius 2 is 1.41 bits per heavy atom. The topological polar surface area (TPSA) is 43.8 Å². The molecule has 0 amide bonds. The standard InChI is InChI=1S/C20H25N5S2/c26-19(22-17-7-3-1-4-8-17)21-11-12-24-13-15-25(16-14-24)20(27)23-18-9-5-2-6-10-18/h1-10H,11-16H2,(H,23,27)(H2,21,22,26)/p+1. The van der Waals surface area contributed by atoms with Gasteiger partial charge in [-0.3, -0.25) is 0 Å². The van der Waals surface area contributed by atoms with E-state index in [-0.39, 0.29) is 0 Å². The van der Waals surface area contributed by atoms with Crippen LogP contribution in [0.4, 0.5) is 11.4 Å². The van der Waals surface area contributed by atoms with Gasteiger partial charge in [-0.15, -0.1) is 0 Å². The Bertz CT molecular complexity index is 728. The van der Waals surface area contributed by atoms with Gasteiger partial charge in [-0.05, 0) is 48.7 Å². The van der Waals surface area contributed by atoms with Gasteiger partial charge in [0.2, 0.25) is 0 Å². The van der Waals surface area contributed by atoms with Crippen LogP contribution in [0.1, 0.15) is 0 Å². The van der Waals surface area contributed by atoms with Crippen LogP contribution in [0.15, 0.2) is 60.7 Å². The molecule has 1 heterocycles. The van der Waals surface area contributed by atoms with Gasteiger partial charge in [-0.1, -0.05) is 36.4 Å². The van der Waals surface area contributed by atoms with Crippen LogP contribution in [0, 0.1) is 0 Å². The Morgan fingerprint density at radius 1 is 0.852 bits per heavy atom. The van der Waals surface area contributed by atoms with Gasteiger partial charge in [0, 0.05) is 11.4 Å². The molecule has 27 heavy (non-hydrogen) atoms. The summed E-state index contributed by atoms with van der Waals surface area (Å²) < 4.78 is 0. The smallest absolute Gasteiger partial charge is 0.173 e. The fraction of sp³-hybridized carbons (Fsp3) is 0.300. The van der Waals surface area contributed by atoms with E-state index in [2.05, 4.69) is 20.9 Å². The van der Waals surface area contributed by atoms with Gasteiger partial charge in [-0.2, -0.15) is 0 Å². The number of piperazine rings is 1. The summed E-state index contributed by atoms with van der Waals surface area (Å²) in [6.07, 6.45) is 0. The fourth-order valence-electron chi connectivity index (χ4n) is 3.05. The van der Waals surface area contributed by atoms with Gasteiger partial charge in [-0.25, -0.2) is 0 Å². The lowest BCUT2D eigenvalue weighted by Gasteiger charge is -2.34. The van der Waals surface area contributed by atoms with Crippen LogP contribution < -0.4 is 20.9 Å². The number of anilines is 2. The maximum absolute atomic E-state index is 5.55. The Kier molecular flexibility index (Phi) is 7.38. The van der Waals surface area contributed by atoms with Crippen molar-refractivity contribution in [2.75, 3.05) is 49.9 Å². The molecule has 5 nitrogen and oxygen atoms in total. The van der Waals surface area contributed by atoms with E-state index >= 15 is 0 Å². The Balaban J connectivity index is 1.32. The molecule has 1 fully saturated rings. The number of para-hydroxylation sites is 2. The van der Waals surface area contributed by atoms with Crippen LogP contribution in [0.3, 0.4) is 0 Å². The highest BCUT2D eigenvalue weighted by Crippen LogP contribution is 2.07. The molecule has 0 spiro atoms. The summed E-state index contributed by atoms with van der Waals surface area (Å²) >= 11 is 10.9. The van der Waals surface area contributed by atoms with E-state index in [9.17, 15) is 0 Å². The number of hydrogen-bond acceptors (Lipinski definition) is 2. The van der Waals surface area contributed by atoms with Crippen molar-refractivity contribution in [3.8, 4) is 0 Å². The zero-order valence-electron chi connectivity index (χ0n) is 15.3. The first-order chi connectivity index (χ1) is 13.2. The van der Waals surface area contributed by atoms with Crippen molar-refractivity contribution >= 4 is 46.0 Å². The number of benzene rings is 2. The van der Waals surface area contributed by atoms with Crippen molar-refractivity contribution in [2.24, 2.45) is 0 Å². The van der Waals surface area contributed by atoms with Gasteiger partial charge < -0.3 is 25.8 Å². The SMILES string of the molecule is S=C(NCC[NH+]1CCN(C(=S)Nc2ccccc2)CC1)Nc1ccccc1. The van der Waals surface area contributed by atoms with Crippen LogP contribution in [-0.4, -0.2) is 54.4 Å². The first-order valence-corrected chi connectivity index (χ1v) is 10.1. The van der Waals surface area contributed by atoms with Gasteiger partial charge in [0.1, 0.15) is 0 Å². The maximum Gasteiger partial charge on any atom is 0.173 e. The molecule has 0 bridgehead atoms. The molecule has 0 aliphatic carbocycles. The van der Waals surface area contributed by atoms with Crippen LogP contribution in [-0.2, 0) is 0 Å². The van der Waals surface area contributed by atoms with Crippen molar-refractivity contribution in [3.05, 3.63) is 60.7 Å². The quantitative estimate of drug-likeness (QED) is 0.572. The number of rotatable bonds is 5. The van der Waals surface area contributed by atoms with Gasteiger partial charge in [0.25, 0.3) is 0 Å². The van der Waals surface area contributed by atoms with Crippen LogP contribution in [0.5, 0.6) is 0 Å². The highest BCUT2D eigenvalue weighted by atomic mass is 32.1. The van der Waals surface area contributed by atoms with Crippen LogP contribution >= 0.6 is 24.4 Å². The minimum atomic E-state index is 0.674. The molecular weight excluding hydrogens is 374 g/mol. The molecule has 7 heteroatoms. The number of nitrogens with one attached hydrogen (secondary N) is 4. The van der Waals surface area contributed by atoms with E-state index < -0.39 is 0 Å². The molecule has 142 valence electrons. The summed E-state index contributed by atoms with van der Waals surface area (Å²) in [6, 6.07) is 20.1. The first kappa shape index (κ1) is 19.5. The second-order valence-corrected chi connectivity index (χ2v) is 7.33. The Hall–Kier alpha value is -2.22. The summed E-state index contributed by atoms with van der Waals surface area (Å²) in [6.45, 7) is 6.01. The molecule has 0 saturated carbocycles. The lowest BCUT2D eigenvalue weighted by Crippen LogP contribution is -3.15. The molecule has 1 aliphatic heterocycles. The number of quaternary nitrogens is 1. The zero-order chi connectivity index (χ0) is 18.9. The summed E-state index contributed by atoms with van der Waals surface area (Å²) in [4.78, 5) is 3.82. The van der Waals surface area contributed by atoms with Gasteiger partial charge >= 0.3 is 0 Å². The Labute approximate surface area is 171 Å². The van der Waals surface area contributed by atoms with Crippen molar-refractivity contribution in [3.63, 3.8) is 0 Å². The largest absolute Gasteiger partial charge is 0.357 e. The van der Waals surface area contributed by atoms with E-state index in [1.807, 2.05) is 60.7 Å². The molecule has 2 aromatic carbocycles. The molecule has 0 aromatic heterocycles. The summed E-state index contributed by atoms with van der Waals surface area (Å²) in [5.74, 6) is 0. The highest BCUT2D eigenvalue weighted by molar-refractivity contribution is 7.80. The number of nitrogens with zero attached hydrogens (tertiary/aromatic N) is 1. The predicted octanol–water partition coefficient (Wildman–Crippen LogP) is 1.57. The van der Waals surface area contributed by atoms with E-state index in [4.69, 9.17) is 24.4 Å². The first-order valence-electron chi connectivity index (χ1n) is 9.25. The average molecular weight is 401 g/mol. The summed E-state index contributed by atoms with van der Waals surface area (Å²) in [7, 11) is 0. The molecule has 0 atom stereocenters. The Morgan fingerprint density at radius 3 is 2.00 bits per heavy atom. The molecule has 1 saturated heterocycles. The molecule has 4 N–H and O–H groups in total. The van der Waals surface area contributed by atoms with Crippen LogP contribution in [0.2, 0.25) is 0 Å². The fourth-order valence-corrected chi connectivity index (χ4v) is 3.57. The number of hydrogen-bond donors (Lipinski definition) is 4. The molecule has 3 rings (SSSR count). The third-order valence-corrected chi connectivity index (χ3v) is 5.19. The molecule has 0 unspecified atom stereocenters. The third kappa shape index (κ3) is 6.46. The van der Waals surface area contributed by atoms with Gasteiger partial charge in [0.05, 0.1) is 39.3 Å². The van der Waals surface area contributed by atoms with Crippen molar-refractivity contribution in [1.29, 1.82) is 0 Å². The summed E-state index contributed by atoms with van der Waals surface area (Å²) in [5.41, 5.74) is 2.05. The van der Waals surface area contributed by atoms with Crippen molar-refractivity contribution in [1.82, 2.24) is 10.2 Å². The van der Waals surface area contributed by atoms with Gasteiger partial charge in [0.15, 0.2) is 10.2 Å². The normalized spacial score (nSPS) is 14.4. The van der Waals surface area contributed by atoms with Crippen LogP contribution in [0.25, 0.3) is 0 Å². The molecule has 1 aliphatic rings.